The number of esters is 3. The van der Waals surface area contributed by atoms with Crippen LogP contribution in [0.2, 0.25) is 0 Å². The largest absolute Gasteiger partial charge is 0.477 e. The van der Waals surface area contributed by atoms with E-state index in [4.69, 9.17) is 18.9 Å². The minimum absolute atomic E-state index is 0.116. The van der Waals surface area contributed by atoms with Gasteiger partial charge in [0, 0.05) is 32.8 Å². The zero-order chi connectivity index (χ0) is 21.3. The maximum absolute atomic E-state index is 12.2. The highest BCUT2D eigenvalue weighted by Gasteiger charge is 2.73. The average Bonchev–Trinajstić information content (AvgIpc) is 2.99. The molecule has 2 bridgehead atoms. The molecular formula is C22H23NO7. The van der Waals surface area contributed by atoms with Crippen molar-refractivity contribution >= 4 is 17.9 Å². The van der Waals surface area contributed by atoms with E-state index in [0.717, 1.165) is 11.1 Å². The van der Waals surface area contributed by atoms with Crippen molar-refractivity contribution in [1.82, 2.24) is 5.32 Å². The van der Waals surface area contributed by atoms with E-state index in [9.17, 15) is 14.4 Å². The third-order valence-electron chi connectivity index (χ3n) is 6.70. The monoisotopic (exact) mass is 413 g/mol. The number of nitrogens with one attached hydrogen (secondary N) is 1. The minimum atomic E-state index is -0.890. The second kappa shape index (κ2) is 6.31. The Kier molecular flexibility index (Phi) is 4.02. The zero-order valence-electron chi connectivity index (χ0n) is 17.1. The van der Waals surface area contributed by atoms with Gasteiger partial charge in [-0.25, -0.2) is 0 Å². The van der Waals surface area contributed by atoms with E-state index >= 15 is 0 Å². The van der Waals surface area contributed by atoms with Crippen LogP contribution in [-0.2, 0) is 35.7 Å². The summed E-state index contributed by atoms with van der Waals surface area (Å²) < 4.78 is 23.5. The molecule has 30 heavy (non-hydrogen) atoms. The molecule has 0 radical (unpaired) electrons. The van der Waals surface area contributed by atoms with Crippen LogP contribution in [0, 0.1) is 0 Å². The van der Waals surface area contributed by atoms with E-state index in [2.05, 4.69) is 5.32 Å². The lowest BCUT2D eigenvalue weighted by Gasteiger charge is -2.60. The molecule has 0 unspecified atom stereocenters. The lowest BCUT2D eigenvalue weighted by atomic mass is 9.50. The third-order valence-corrected chi connectivity index (χ3v) is 6.70. The van der Waals surface area contributed by atoms with Gasteiger partial charge < -0.3 is 24.3 Å². The molecule has 0 aromatic heterocycles. The normalized spacial score (nSPS) is 32.3. The van der Waals surface area contributed by atoms with Crippen molar-refractivity contribution in [3.8, 4) is 11.5 Å². The lowest BCUT2D eigenvalue weighted by molar-refractivity contribution is -0.189. The first kappa shape index (κ1) is 19.1. The average molecular weight is 413 g/mol. The second-order valence-corrected chi connectivity index (χ2v) is 8.34. The summed E-state index contributed by atoms with van der Waals surface area (Å²) >= 11 is 0. The van der Waals surface area contributed by atoms with Crippen LogP contribution in [0.25, 0.3) is 0 Å². The number of piperidine rings is 1. The highest BCUT2D eigenvalue weighted by atomic mass is 16.6. The first-order valence-corrected chi connectivity index (χ1v) is 10.1. The van der Waals surface area contributed by atoms with Gasteiger partial charge in [-0.1, -0.05) is 6.07 Å². The standard InChI is InChI=1S/C22H23NO7/c1-11(24)27-15-5-4-14-10-17-22(30-13(3)26)7-6-16(28-12(2)25)20-21(22,8-9-23-17)18(14)19(15)29-20/h4-6,17,20,23H,7-10H2,1-3H3/t17-,20+,21+,22-/m1/s1. The molecule has 1 N–H and O–H groups in total. The van der Waals surface area contributed by atoms with Gasteiger partial charge in [0.25, 0.3) is 0 Å². The Hall–Kier alpha value is -2.87. The van der Waals surface area contributed by atoms with E-state index in [1.165, 1.54) is 20.8 Å². The van der Waals surface area contributed by atoms with Crippen molar-refractivity contribution in [2.75, 3.05) is 6.54 Å². The van der Waals surface area contributed by atoms with E-state index in [1.807, 2.05) is 6.07 Å². The van der Waals surface area contributed by atoms with Gasteiger partial charge in [0.15, 0.2) is 17.6 Å². The van der Waals surface area contributed by atoms with Crippen LogP contribution < -0.4 is 14.8 Å². The molecule has 2 aliphatic carbocycles. The molecule has 8 heteroatoms. The fourth-order valence-electron chi connectivity index (χ4n) is 5.95. The number of carbonyl (C=O) groups excluding carboxylic acids is 3. The molecular weight excluding hydrogens is 390 g/mol. The van der Waals surface area contributed by atoms with Gasteiger partial charge in [-0.3, -0.25) is 14.4 Å². The van der Waals surface area contributed by atoms with Gasteiger partial charge in [-0.2, -0.15) is 0 Å². The Labute approximate surface area is 173 Å². The highest BCUT2D eigenvalue weighted by Crippen LogP contribution is 2.65. The van der Waals surface area contributed by atoms with Crippen molar-refractivity contribution in [2.24, 2.45) is 0 Å². The molecule has 5 rings (SSSR count). The van der Waals surface area contributed by atoms with Gasteiger partial charge in [0.05, 0.1) is 11.5 Å². The Morgan fingerprint density at radius 3 is 2.57 bits per heavy atom. The van der Waals surface area contributed by atoms with Gasteiger partial charge in [-0.05, 0) is 37.1 Å². The summed E-state index contributed by atoms with van der Waals surface area (Å²) in [6.45, 7) is 4.78. The van der Waals surface area contributed by atoms with Crippen LogP contribution in [0.1, 0.15) is 44.7 Å². The molecule has 4 atom stereocenters. The molecule has 4 aliphatic rings. The lowest BCUT2D eigenvalue weighted by Crippen LogP contribution is -2.75. The van der Waals surface area contributed by atoms with Crippen LogP contribution >= 0.6 is 0 Å². The summed E-state index contributed by atoms with van der Waals surface area (Å²) in [6.07, 6.45) is 2.78. The summed E-state index contributed by atoms with van der Waals surface area (Å²) in [6, 6.07) is 3.55. The van der Waals surface area contributed by atoms with Crippen LogP contribution in [0.5, 0.6) is 11.5 Å². The molecule has 2 heterocycles. The smallest absolute Gasteiger partial charge is 0.308 e. The van der Waals surface area contributed by atoms with Crippen molar-refractivity contribution in [3.05, 3.63) is 35.1 Å². The Bertz CT molecular complexity index is 1010. The van der Waals surface area contributed by atoms with Gasteiger partial charge >= 0.3 is 17.9 Å². The molecule has 1 aromatic carbocycles. The van der Waals surface area contributed by atoms with Crippen molar-refractivity contribution in [2.45, 2.75) is 63.2 Å². The summed E-state index contributed by atoms with van der Waals surface area (Å²) in [5, 5.41) is 3.52. The fraction of sp³-hybridized carbons (Fsp3) is 0.500. The first-order chi connectivity index (χ1) is 14.3. The number of carbonyl (C=O) groups is 3. The number of benzene rings is 1. The van der Waals surface area contributed by atoms with Gasteiger partial charge in [0.1, 0.15) is 11.4 Å². The number of hydrogen-bond donors (Lipinski definition) is 1. The third kappa shape index (κ3) is 2.34. The maximum atomic E-state index is 12.2. The van der Waals surface area contributed by atoms with E-state index in [1.54, 1.807) is 12.1 Å². The molecule has 1 fully saturated rings. The Morgan fingerprint density at radius 1 is 1.10 bits per heavy atom. The number of rotatable bonds is 3. The highest BCUT2D eigenvalue weighted by molar-refractivity contribution is 5.74. The SMILES string of the molecule is CC(=O)OC1=CC[C@@]2(OC(C)=O)[C@H]3Cc4ccc(OC(C)=O)c5c4[C@@]2(CCN3)[C@H]1O5. The van der Waals surface area contributed by atoms with Crippen LogP contribution in [-0.4, -0.2) is 42.2 Å². The predicted molar refractivity (Wildman–Crippen MR) is 103 cm³/mol. The van der Waals surface area contributed by atoms with Crippen LogP contribution in [0.4, 0.5) is 0 Å². The molecule has 8 nitrogen and oxygen atoms in total. The molecule has 1 aromatic rings. The van der Waals surface area contributed by atoms with Crippen molar-refractivity contribution < 1.29 is 33.3 Å². The van der Waals surface area contributed by atoms with Crippen molar-refractivity contribution in [1.29, 1.82) is 0 Å². The number of hydrogen-bond acceptors (Lipinski definition) is 8. The molecule has 1 saturated heterocycles. The molecule has 0 saturated carbocycles. The minimum Gasteiger partial charge on any atom is -0.477 e. The fourth-order valence-corrected chi connectivity index (χ4v) is 5.95. The first-order valence-electron chi connectivity index (χ1n) is 10.1. The zero-order valence-corrected chi connectivity index (χ0v) is 17.1. The summed E-state index contributed by atoms with van der Waals surface area (Å²) in [7, 11) is 0. The summed E-state index contributed by atoms with van der Waals surface area (Å²) in [5.41, 5.74) is 0.307. The second-order valence-electron chi connectivity index (χ2n) is 8.34. The Balaban J connectivity index is 1.78. The van der Waals surface area contributed by atoms with E-state index in [0.29, 0.717) is 43.1 Å². The van der Waals surface area contributed by atoms with Crippen LogP contribution in [0.3, 0.4) is 0 Å². The number of ether oxygens (including phenoxy) is 4. The predicted octanol–water partition coefficient (Wildman–Crippen LogP) is 1.68. The van der Waals surface area contributed by atoms with E-state index in [-0.39, 0.29) is 12.0 Å². The quantitative estimate of drug-likeness (QED) is 0.590. The molecule has 0 amide bonds. The van der Waals surface area contributed by atoms with Crippen molar-refractivity contribution in [3.63, 3.8) is 0 Å². The topological polar surface area (TPSA) is 100 Å². The van der Waals surface area contributed by atoms with Gasteiger partial charge in [0.2, 0.25) is 0 Å². The molecule has 2 aliphatic heterocycles. The van der Waals surface area contributed by atoms with Gasteiger partial charge in [-0.15, -0.1) is 0 Å². The maximum Gasteiger partial charge on any atom is 0.308 e. The summed E-state index contributed by atoms with van der Waals surface area (Å²) in [4.78, 5) is 35.7. The van der Waals surface area contributed by atoms with Crippen LogP contribution in [0.15, 0.2) is 24.0 Å². The van der Waals surface area contributed by atoms with E-state index < -0.39 is 29.1 Å². The molecule has 1 spiro atoms. The Morgan fingerprint density at radius 2 is 1.87 bits per heavy atom. The summed E-state index contributed by atoms with van der Waals surface area (Å²) in [5.74, 6) is -0.0875. The molecule has 158 valence electrons.